The van der Waals surface area contributed by atoms with Gasteiger partial charge >= 0.3 is 0 Å². The van der Waals surface area contributed by atoms with E-state index in [1.165, 1.54) is 0 Å². The highest BCUT2D eigenvalue weighted by Gasteiger charge is 2.20. The molecule has 2 amide bonds. The molecule has 1 heterocycles. The molecule has 2 aromatic carbocycles. The van der Waals surface area contributed by atoms with Gasteiger partial charge in [0.2, 0.25) is 5.91 Å². The summed E-state index contributed by atoms with van der Waals surface area (Å²) >= 11 is 0. The topological polar surface area (TPSA) is 61.9 Å². The molecule has 1 fully saturated rings. The second-order valence-electron chi connectivity index (χ2n) is 6.68. The van der Waals surface area contributed by atoms with Crippen LogP contribution in [0.4, 0.5) is 11.4 Å². The summed E-state index contributed by atoms with van der Waals surface area (Å²) in [4.78, 5) is 28.4. The molecule has 0 spiro atoms. The van der Waals surface area contributed by atoms with Crippen molar-refractivity contribution in [2.24, 2.45) is 0 Å². The fourth-order valence-corrected chi connectivity index (χ4v) is 3.27. The molecule has 1 aliphatic heterocycles. The van der Waals surface area contributed by atoms with E-state index in [4.69, 9.17) is 4.74 Å². The van der Waals surface area contributed by atoms with Gasteiger partial charge in [0, 0.05) is 49.5 Å². The minimum atomic E-state index is -0.150. The average molecular weight is 381 g/mol. The molecule has 2 aromatic rings. The summed E-state index contributed by atoms with van der Waals surface area (Å²) in [5, 5.41) is 2.92. The molecule has 1 saturated heterocycles. The van der Waals surface area contributed by atoms with Gasteiger partial charge in [0.05, 0.1) is 6.61 Å². The molecule has 0 bridgehead atoms. The van der Waals surface area contributed by atoms with E-state index < -0.39 is 0 Å². The third-order valence-electron chi connectivity index (χ3n) is 4.85. The summed E-state index contributed by atoms with van der Waals surface area (Å²) in [5.74, 6) is 0.818. The zero-order chi connectivity index (χ0) is 19.9. The van der Waals surface area contributed by atoms with Crippen molar-refractivity contribution >= 4 is 23.2 Å². The molecule has 148 valence electrons. The summed E-state index contributed by atoms with van der Waals surface area (Å²) in [6.45, 7) is 7.57. The van der Waals surface area contributed by atoms with E-state index in [9.17, 15) is 9.59 Å². The summed E-state index contributed by atoms with van der Waals surface area (Å²) in [6, 6.07) is 14.9. The SMILES string of the molecule is CCOc1ccc(C(=O)Nc2ccc(N3CCN(C(=O)CC)CC3)cc2)cc1. The minimum Gasteiger partial charge on any atom is -0.494 e. The van der Waals surface area contributed by atoms with Gasteiger partial charge in [0.15, 0.2) is 0 Å². The molecule has 0 atom stereocenters. The van der Waals surface area contributed by atoms with Crippen molar-refractivity contribution < 1.29 is 14.3 Å². The lowest BCUT2D eigenvalue weighted by Crippen LogP contribution is -2.48. The van der Waals surface area contributed by atoms with Crippen LogP contribution >= 0.6 is 0 Å². The Kier molecular flexibility index (Phi) is 6.53. The number of nitrogens with zero attached hydrogens (tertiary/aromatic N) is 2. The maximum absolute atomic E-state index is 12.4. The lowest BCUT2D eigenvalue weighted by Gasteiger charge is -2.36. The number of nitrogens with one attached hydrogen (secondary N) is 1. The first-order valence-corrected chi connectivity index (χ1v) is 9.77. The van der Waals surface area contributed by atoms with E-state index in [1.54, 1.807) is 24.3 Å². The van der Waals surface area contributed by atoms with Crippen molar-refractivity contribution in [2.75, 3.05) is 43.0 Å². The van der Waals surface area contributed by atoms with Crippen LogP contribution in [0.2, 0.25) is 0 Å². The van der Waals surface area contributed by atoms with Gasteiger partial charge in [-0.05, 0) is 55.5 Å². The summed E-state index contributed by atoms with van der Waals surface area (Å²) in [7, 11) is 0. The molecule has 6 nitrogen and oxygen atoms in total. The highest BCUT2D eigenvalue weighted by Crippen LogP contribution is 2.21. The van der Waals surface area contributed by atoms with E-state index in [0.717, 1.165) is 43.3 Å². The highest BCUT2D eigenvalue weighted by molar-refractivity contribution is 6.04. The number of anilines is 2. The lowest BCUT2D eigenvalue weighted by atomic mass is 10.2. The molecular formula is C22H27N3O3. The van der Waals surface area contributed by atoms with Crippen molar-refractivity contribution in [3.63, 3.8) is 0 Å². The van der Waals surface area contributed by atoms with Crippen molar-refractivity contribution in [1.82, 2.24) is 4.90 Å². The van der Waals surface area contributed by atoms with Crippen LogP contribution in [0.1, 0.15) is 30.6 Å². The number of ether oxygens (including phenoxy) is 1. The molecular weight excluding hydrogens is 354 g/mol. The number of piperazine rings is 1. The monoisotopic (exact) mass is 381 g/mol. The molecule has 0 aliphatic carbocycles. The quantitative estimate of drug-likeness (QED) is 0.833. The van der Waals surface area contributed by atoms with Crippen molar-refractivity contribution in [3.8, 4) is 5.75 Å². The van der Waals surface area contributed by atoms with Gasteiger partial charge < -0.3 is 19.9 Å². The molecule has 1 N–H and O–H groups in total. The van der Waals surface area contributed by atoms with Crippen LogP contribution in [-0.4, -0.2) is 49.5 Å². The van der Waals surface area contributed by atoms with Crippen LogP contribution in [0, 0.1) is 0 Å². The third kappa shape index (κ3) is 4.82. The van der Waals surface area contributed by atoms with E-state index >= 15 is 0 Å². The zero-order valence-corrected chi connectivity index (χ0v) is 16.5. The molecule has 0 radical (unpaired) electrons. The largest absolute Gasteiger partial charge is 0.494 e. The van der Waals surface area contributed by atoms with Gasteiger partial charge in [-0.15, -0.1) is 0 Å². The van der Waals surface area contributed by atoms with Gasteiger partial charge in [-0.1, -0.05) is 6.92 Å². The molecule has 0 unspecified atom stereocenters. The predicted octanol–water partition coefficient (Wildman–Crippen LogP) is 3.40. The summed E-state index contributed by atoms with van der Waals surface area (Å²) < 4.78 is 5.40. The van der Waals surface area contributed by atoms with E-state index in [1.807, 2.05) is 43.0 Å². The fourth-order valence-electron chi connectivity index (χ4n) is 3.27. The highest BCUT2D eigenvalue weighted by atomic mass is 16.5. The summed E-state index contributed by atoms with van der Waals surface area (Å²) in [5.41, 5.74) is 2.44. The van der Waals surface area contributed by atoms with Gasteiger partial charge in [-0.25, -0.2) is 0 Å². The second-order valence-corrected chi connectivity index (χ2v) is 6.68. The first-order valence-electron chi connectivity index (χ1n) is 9.77. The number of carbonyl (C=O) groups excluding carboxylic acids is 2. The van der Waals surface area contributed by atoms with Crippen molar-refractivity contribution in [3.05, 3.63) is 54.1 Å². The number of hydrogen-bond donors (Lipinski definition) is 1. The number of carbonyl (C=O) groups is 2. The minimum absolute atomic E-state index is 0.150. The molecule has 0 saturated carbocycles. The Bertz CT molecular complexity index is 795. The van der Waals surface area contributed by atoms with E-state index in [0.29, 0.717) is 18.6 Å². The van der Waals surface area contributed by atoms with Gasteiger partial charge in [0.1, 0.15) is 5.75 Å². The van der Waals surface area contributed by atoms with Crippen LogP contribution in [-0.2, 0) is 4.79 Å². The second kappa shape index (κ2) is 9.26. The Morgan fingerprint density at radius 2 is 1.57 bits per heavy atom. The number of rotatable bonds is 6. The Hall–Kier alpha value is -3.02. The molecule has 28 heavy (non-hydrogen) atoms. The standard InChI is InChI=1S/C22H27N3O3/c1-3-21(26)25-15-13-24(14-16-25)19-9-7-18(8-10-19)23-22(27)17-5-11-20(12-6-17)28-4-2/h5-12H,3-4,13-16H2,1-2H3,(H,23,27). The Morgan fingerprint density at radius 1 is 0.929 bits per heavy atom. The Morgan fingerprint density at radius 3 is 2.14 bits per heavy atom. The number of benzene rings is 2. The first kappa shape index (κ1) is 19.7. The number of hydrogen-bond acceptors (Lipinski definition) is 4. The van der Waals surface area contributed by atoms with Crippen LogP contribution < -0.4 is 15.0 Å². The normalized spacial score (nSPS) is 13.9. The Labute approximate surface area is 166 Å². The Balaban J connectivity index is 1.56. The van der Waals surface area contributed by atoms with Crippen molar-refractivity contribution in [2.45, 2.75) is 20.3 Å². The van der Waals surface area contributed by atoms with Crippen LogP contribution in [0.3, 0.4) is 0 Å². The lowest BCUT2D eigenvalue weighted by molar-refractivity contribution is -0.131. The van der Waals surface area contributed by atoms with Crippen molar-refractivity contribution in [1.29, 1.82) is 0 Å². The van der Waals surface area contributed by atoms with Crippen LogP contribution in [0.5, 0.6) is 5.75 Å². The molecule has 1 aliphatic rings. The molecule has 3 rings (SSSR count). The predicted molar refractivity (Wildman–Crippen MR) is 111 cm³/mol. The molecule has 6 heteroatoms. The average Bonchev–Trinajstić information content (AvgIpc) is 2.74. The zero-order valence-electron chi connectivity index (χ0n) is 16.5. The van der Waals surface area contributed by atoms with Crippen LogP contribution in [0.25, 0.3) is 0 Å². The van der Waals surface area contributed by atoms with Gasteiger partial charge in [0.25, 0.3) is 5.91 Å². The fraction of sp³-hybridized carbons (Fsp3) is 0.364. The van der Waals surface area contributed by atoms with Crippen LogP contribution in [0.15, 0.2) is 48.5 Å². The third-order valence-corrected chi connectivity index (χ3v) is 4.85. The maximum atomic E-state index is 12.4. The van der Waals surface area contributed by atoms with Gasteiger partial charge in [-0.2, -0.15) is 0 Å². The van der Waals surface area contributed by atoms with Gasteiger partial charge in [-0.3, -0.25) is 9.59 Å². The summed E-state index contributed by atoms with van der Waals surface area (Å²) in [6.07, 6.45) is 0.558. The molecule has 0 aromatic heterocycles. The maximum Gasteiger partial charge on any atom is 0.255 e. The first-order chi connectivity index (χ1) is 13.6. The smallest absolute Gasteiger partial charge is 0.255 e. The number of amides is 2. The van der Waals surface area contributed by atoms with E-state index in [2.05, 4.69) is 10.2 Å². The van der Waals surface area contributed by atoms with E-state index in [-0.39, 0.29) is 11.8 Å².